The first-order chi connectivity index (χ1) is 8.34. The van der Waals surface area contributed by atoms with E-state index in [0.717, 1.165) is 31.4 Å². The lowest BCUT2D eigenvalue weighted by atomic mass is 10.0. The van der Waals surface area contributed by atoms with Crippen LogP contribution in [0.3, 0.4) is 0 Å². The maximum atomic E-state index is 11.2. The van der Waals surface area contributed by atoms with Gasteiger partial charge in [-0.15, -0.1) is 0 Å². The van der Waals surface area contributed by atoms with Gasteiger partial charge in [0.25, 0.3) is 0 Å². The standard InChI is InChI=1S/C15H15NO/c17-12-15(8-9-15)14-7-4-10-16(14)11-13-5-2-1-3-6-13/h1-7,10,12H,8-9,11H2. The molecule has 0 saturated heterocycles. The number of rotatable bonds is 4. The van der Waals surface area contributed by atoms with Gasteiger partial charge in [0.15, 0.2) is 0 Å². The van der Waals surface area contributed by atoms with Gasteiger partial charge in [0.1, 0.15) is 6.29 Å². The van der Waals surface area contributed by atoms with Crippen LogP contribution in [0.5, 0.6) is 0 Å². The van der Waals surface area contributed by atoms with E-state index in [1.54, 1.807) is 0 Å². The quantitative estimate of drug-likeness (QED) is 0.733. The maximum Gasteiger partial charge on any atom is 0.132 e. The molecule has 1 fully saturated rings. The smallest absolute Gasteiger partial charge is 0.132 e. The van der Waals surface area contributed by atoms with Crippen LogP contribution in [0.25, 0.3) is 0 Å². The Morgan fingerprint density at radius 1 is 1.12 bits per heavy atom. The van der Waals surface area contributed by atoms with Crippen LogP contribution >= 0.6 is 0 Å². The van der Waals surface area contributed by atoms with Gasteiger partial charge in [-0.3, -0.25) is 0 Å². The van der Waals surface area contributed by atoms with Crippen molar-refractivity contribution in [3.8, 4) is 0 Å². The summed E-state index contributed by atoms with van der Waals surface area (Å²) in [5.41, 5.74) is 2.25. The van der Waals surface area contributed by atoms with E-state index < -0.39 is 0 Å². The van der Waals surface area contributed by atoms with Gasteiger partial charge in [0.05, 0.1) is 5.41 Å². The third-order valence-corrected chi connectivity index (χ3v) is 3.55. The summed E-state index contributed by atoms with van der Waals surface area (Å²) in [6, 6.07) is 14.4. The highest BCUT2D eigenvalue weighted by Crippen LogP contribution is 2.46. The Kier molecular flexibility index (Phi) is 2.36. The van der Waals surface area contributed by atoms with E-state index in [9.17, 15) is 4.79 Å². The molecular weight excluding hydrogens is 210 g/mol. The minimum atomic E-state index is -0.182. The van der Waals surface area contributed by atoms with Gasteiger partial charge >= 0.3 is 0 Å². The lowest BCUT2D eigenvalue weighted by Crippen LogP contribution is -2.15. The minimum Gasteiger partial charge on any atom is -0.346 e. The molecule has 2 nitrogen and oxygen atoms in total. The average molecular weight is 225 g/mol. The van der Waals surface area contributed by atoms with Crippen molar-refractivity contribution in [3.63, 3.8) is 0 Å². The Balaban J connectivity index is 1.90. The number of carbonyl (C=O) groups is 1. The van der Waals surface area contributed by atoms with Gasteiger partial charge < -0.3 is 9.36 Å². The molecule has 0 radical (unpaired) electrons. The molecule has 0 N–H and O–H groups in total. The van der Waals surface area contributed by atoms with Crippen LogP contribution in [-0.2, 0) is 16.8 Å². The van der Waals surface area contributed by atoms with E-state index >= 15 is 0 Å². The highest BCUT2D eigenvalue weighted by Gasteiger charge is 2.46. The lowest BCUT2D eigenvalue weighted by Gasteiger charge is -2.13. The second-order valence-electron chi connectivity index (χ2n) is 4.78. The van der Waals surface area contributed by atoms with Crippen LogP contribution in [0.4, 0.5) is 0 Å². The lowest BCUT2D eigenvalue weighted by molar-refractivity contribution is -0.110. The Morgan fingerprint density at radius 2 is 1.88 bits per heavy atom. The summed E-state index contributed by atoms with van der Waals surface area (Å²) in [6.07, 6.45) is 5.17. The van der Waals surface area contributed by atoms with Crippen molar-refractivity contribution in [2.45, 2.75) is 24.8 Å². The highest BCUT2D eigenvalue weighted by atomic mass is 16.1. The molecule has 2 heteroatoms. The molecule has 3 rings (SSSR count). The van der Waals surface area contributed by atoms with Crippen LogP contribution in [-0.4, -0.2) is 10.9 Å². The number of carbonyl (C=O) groups excluding carboxylic acids is 1. The van der Waals surface area contributed by atoms with Gasteiger partial charge in [-0.2, -0.15) is 0 Å². The Labute approximate surface area is 101 Å². The molecule has 1 aliphatic carbocycles. The third kappa shape index (κ3) is 1.80. The largest absolute Gasteiger partial charge is 0.346 e. The molecule has 0 atom stereocenters. The van der Waals surface area contributed by atoms with E-state index in [-0.39, 0.29) is 5.41 Å². The number of nitrogens with zero attached hydrogens (tertiary/aromatic N) is 1. The molecule has 86 valence electrons. The molecule has 0 amide bonds. The normalized spacial score (nSPS) is 16.7. The van der Waals surface area contributed by atoms with Crippen molar-refractivity contribution in [2.75, 3.05) is 0 Å². The van der Waals surface area contributed by atoms with Crippen LogP contribution in [0.2, 0.25) is 0 Å². The van der Waals surface area contributed by atoms with Crippen molar-refractivity contribution >= 4 is 6.29 Å². The zero-order valence-electron chi connectivity index (χ0n) is 9.67. The minimum absolute atomic E-state index is 0.182. The summed E-state index contributed by atoms with van der Waals surface area (Å²) in [6.45, 7) is 0.846. The molecule has 2 aromatic rings. The first-order valence-corrected chi connectivity index (χ1v) is 6.00. The fourth-order valence-electron chi connectivity index (χ4n) is 2.35. The van der Waals surface area contributed by atoms with E-state index in [4.69, 9.17) is 0 Å². The average Bonchev–Trinajstić information content (AvgIpc) is 3.04. The van der Waals surface area contributed by atoms with Crippen LogP contribution in [0, 0.1) is 0 Å². The van der Waals surface area contributed by atoms with Crippen molar-refractivity contribution in [2.24, 2.45) is 0 Å². The first-order valence-electron chi connectivity index (χ1n) is 6.00. The van der Waals surface area contributed by atoms with E-state index in [0.29, 0.717) is 0 Å². The van der Waals surface area contributed by atoms with Crippen molar-refractivity contribution in [1.29, 1.82) is 0 Å². The second kappa shape index (κ2) is 3.88. The van der Waals surface area contributed by atoms with Crippen LogP contribution in [0.15, 0.2) is 48.7 Å². The number of benzene rings is 1. The van der Waals surface area contributed by atoms with Gasteiger partial charge in [0.2, 0.25) is 0 Å². The molecule has 1 saturated carbocycles. The zero-order chi connectivity index (χ0) is 11.7. The third-order valence-electron chi connectivity index (χ3n) is 3.55. The van der Waals surface area contributed by atoms with Crippen LogP contribution < -0.4 is 0 Å². The molecular formula is C15H15NO. The predicted molar refractivity (Wildman–Crippen MR) is 67.0 cm³/mol. The fourth-order valence-corrected chi connectivity index (χ4v) is 2.35. The van der Waals surface area contributed by atoms with Crippen molar-refractivity contribution in [3.05, 3.63) is 59.9 Å². The molecule has 0 unspecified atom stereocenters. The predicted octanol–water partition coefficient (Wildman–Crippen LogP) is 2.77. The van der Waals surface area contributed by atoms with Gasteiger partial charge in [-0.25, -0.2) is 0 Å². The Hall–Kier alpha value is -1.83. The number of aromatic nitrogens is 1. The van der Waals surface area contributed by atoms with Gasteiger partial charge in [-0.05, 0) is 30.5 Å². The van der Waals surface area contributed by atoms with Gasteiger partial charge in [0, 0.05) is 18.4 Å². The molecule has 17 heavy (non-hydrogen) atoms. The molecule has 1 aromatic heterocycles. The molecule has 0 aliphatic heterocycles. The van der Waals surface area contributed by atoms with Crippen molar-refractivity contribution < 1.29 is 4.79 Å². The first kappa shape index (κ1) is 10.3. The number of hydrogen-bond acceptors (Lipinski definition) is 1. The molecule has 0 bridgehead atoms. The molecule has 1 aromatic carbocycles. The number of hydrogen-bond donors (Lipinski definition) is 0. The Morgan fingerprint density at radius 3 is 2.53 bits per heavy atom. The summed E-state index contributed by atoms with van der Waals surface area (Å²) in [5.74, 6) is 0. The summed E-state index contributed by atoms with van der Waals surface area (Å²) < 4.78 is 2.19. The molecule has 0 spiro atoms. The van der Waals surface area contributed by atoms with E-state index in [1.165, 1.54) is 5.56 Å². The Bertz CT molecular complexity index is 523. The highest BCUT2D eigenvalue weighted by molar-refractivity contribution is 5.72. The molecule has 1 heterocycles. The van der Waals surface area contributed by atoms with Gasteiger partial charge in [-0.1, -0.05) is 30.3 Å². The molecule has 1 aliphatic rings. The fraction of sp³-hybridized carbons (Fsp3) is 0.267. The monoisotopic (exact) mass is 225 g/mol. The van der Waals surface area contributed by atoms with E-state index in [1.807, 2.05) is 24.3 Å². The SMILES string of the molecule is O=CC1(c2cccn2Cc2ccccc2)CC1. The second-order valence-corrected chi connectivity index (χ2v) is 4.78. The zero-order valence-corrected chi connectivity index (χ0v) is 9.67. The van der Waals surface area contributed by atoms with Crippen LogP contribution in [0.1, 0.15) is 24.1 Å². The summed E-state index contributed by atoms with van der Waals surface area (Å²) >= 11 is 0. The maximum absolute atomic E-state index is 11.2. The topological polar surface area (TPSA) is 22.0 Å². The van der Waals surface area contributed by atoms with E-state index in [2.05, 4.69) is 29.0 Å². The number of aldehydes is 1. The summed E-state index contributed by atoms with van der Waals surface area (Å²) in [5, 5.41) is 0. The van der Waals surface area contributed by atoms with Crippen molar-refractivity contribution in [1.82, 2.24) is 4.57 Å². The summed E-state index contributed by atoms with van der Waals surface area (Å²) in [4.78, 5) is 11.2. The summed E-state index contributed by atoms with van der Waals surface area (Å²) in [7, 11) is 0.